The molecule has 1 saturated carbocycles. The van der Waals surface area contributed by atoms with Gasteiger partial charge in [0.25, 0.3) is 5.91 Å². The van der Waals surface area contributed by atoms with Crippen molar-refractivity contribution in [3.63, 3.8) is 0 Å². The van der Waals surface area contributed by atoms with E-state index in [-0.39, 0.29) is 30.1 Å². The number of nitrogens with zero attached hydrogens (tertiary/aromatic N) is 3. The van der Waals surface area contributed by atoms with Crippen LogP contribution < -0.4 is 0 Å². The van der Waals surface area contributed by atoms with Crippen molar-refractivity contribution in [3.05, 3.63) is 17.5 Å². The number of amides is 2. The van der Waals surface area contributed by atoms with Gasteiger partial charge in [-0.05, 0) is 45.4 Å². The molecule has 1 aliphatic carbocycles. The molecular weight excluding hydrogens is 322 g/mol. The minimum atomic E-state index is -0.334. The highest BCUT2D eigenvalue weighted by atomic mass is 16.5. The lowest BCUT2D eigenvalue weighted by Gasteiger charge is -2.51. The van der Waals surface area contributed by atoms with Gasteiger partial charge < -0.3 is 19.1 Å². The van der Waals surface area contributed by atoms with Gasteiger partial charge in [0.2, 0.25) is 5.91 Å². The highest BCUT2D eigenvalue weighted by molar-refractivity contribution is 5.92. The summed E-state index contributed by atoms with van der Waals surface area (Å²) in [6.07, 6.45) is 3.93. The Hall–Kier alpha value is -1.89. The van der Waals surface area contributed by atoms with Crippen LogP contribution in [-0.4, -0.2) is 64.7 Å². The SMILES string of the molecule is Cc1cc(C(=O)N2CCC3(CC2)OCC(=O)N(CC2CC2)[C@H]3C)no1. The van der Waals surface area contributed by atoms with Crippen molar-refractivity contribution in [1.29, 1.82) is 0 Å². The predicted molar refractivity (Wildman–Crippen MR) is 89.0 cm³/mol. The largest absolute Gasteiger partial charge is 0.363 e. The molecule has 2 saturated heterocycles. The van der Waals surface area contributed by atoms with E-state index in [1.165, 1.54) is 12.8 Å². The fourth-order valence-corrected chi connectivity index (χ4v) is 4.03. The first-order valence-corrected chi connectivity index (χ1v) is 9.14. The monoisotopic (exact) mass is 347 g/mol. The zero-order valence-electron chi connectivity index (χ0n) is 14.9. The molecule has 3 aliphatic rings. The van der Waals surface area contributed by atoms with Crippen LogP contribution in [-0.2, 0) is 9.53 Å². The highest BCUT2D eigenvalue weighted by Crippen LogP contribution is 2.38. The normalized spacial score (nSPS) is 26.3. The number of hydrogen-bond acceptors (Lipinski definition) is 5. The summed E-state index contributed by atoms with van der Waals surface area (Å²) in [5.74, 6) is 1.30. The van der Waals surface area contributed by atoms with Crippen molar-refractivity contribution in [1.82, 2.24) is 15.0 Å². The van der Waals surface area contributed by atoms with Crippen LogP contribution in [0.1, 0.15) is 48.9 Å². The Morgan fingerprint density at radius 2 is 2.08 bits per heavy atom. The molecule has 0 N–H and O–H groups in total. The zero-order valence-corrected chi connectivity index (χ0v) is 14.9. The Morgan fingerprint density at radius 3 is 2.68 bits per heavy atom. The van der Waals surface area contributed by atoms with Crippen molar-refractivity contribution in [2.75, 3.05) is 26.2 Å². The molecule has 7 heteroatoms. The topological polar surface area (TPSA) is 75.9 Å². The van der Waals surface area contributed by atoms with Gasteiger partial charge >= 0.3 is 0 Å². The Kier molecular flexibility index (Phi) is 4.06. The molecule has 3 fully saturated rings. The lowest BCUT2D eigenvalue weighted by Crippen LogP contribution is -2.64. The van der Waals surface area contributed by atoms with Crippen molar-refractivity contribution in [3.8, 4) is 0 Å². The van der Waals surface area contributed by atoms with Crippen LogP contribution in [0.3, 0.4) is 0 Å². The van der Waals surface area contributed by atoms with E-state index in [2.05, 4.69) is 12.1 Å². The Labute approximate surface area is 147 Å². The zero-order chi connectivity index (χ0) is 17.6. The third kappa shape index (κ3) is 3.05. The molecule has 0 aromatic carbocycles. The van der Waals surface area contributed by atoms with Crippen molar-refractivity contribution in [2.45, 2.75) is 51.2 Å². The van der Waals surface area contributed by atoms with E-state index >= 15 is 0 Å². The first kappa shape index (κ1) is 16.6. The van der Waals surface area contributed by atoms with E-state index in [1.54, 1.807) is 17.9 Å². The maximum atomic E-state index is 12.5. The molecule has 1 aromatic heterocycles. The number of rotatable bonds is 3. The molecule has 2 aliphatic heterocycles. The molecule has 4 rings (SSSR count). The summed E-state index contributed by atoms with van der Waals surface area (Å²) in [5, 5.41) is 3.82. The molecule has 0 bridgehead atoms. The minimum absolute atomic E-state index is 0.0564. The van der Waals surface area contributed by atoms with E-state index in [4.69, 9.17) is 9.26 Å². The summed E-state index contributed by atoms with van der Waals surface area (Å²) in [5.41, 5.74) is 0.0240. The van der Waals surface area contributed by atoms with Gasteiger partial charge in [-0.1, -0.05) is 5.16 Å². The van der Waals surface area contributed by atoms with Gasteiger partial charge in [-0.2, -0.15) is 0 Å². The number of ether oxygens (including phenoxy) is 1. The van der Waals surface area contributed by atoms with Gasteiger partial charge in [0.05, 0.1) is 11.6 Å². The smallest absolute Gasteiger partial charge is 0.276 e. The van der Waals surface area contributed by atoms with Gasteiger partial charge in [0.1, 0.15) is 12.4 Å². The Morgan fingerprint density at radius 1 is 1.36 bits per heavy atom. The lowest BCUT2D eigenvalue weighted by atomic mass is 9.82. The van der Waals surface area contributed by atoms with E-state index in [9.17, 15) is 9.59 Å². The van der Waals surface area contributed by atoms with Crippen LogP contribution in [0, 0.1) is 12.8 Å². The third-order valence-electron chi connectivity index (χ3n) is 5.93. The average molecular weight is 347 g/mol. The molecule has 0 radical (unpaired) electrons. The molecule has 2 amide bonds. The second kappa shape index (κ2) is 6.12. The number of carbonyl (C=O) groups is 2. The fraction of sp³-hybridized carbons (Fsp3) is 0.722. The van der Waals surface area contributed by atoms with Crippen molar-refractivity contribution >= 4 is 11.8 Å². The quantitative estimate of drug-likeness (QED) is 0.830. The summed E-state index contributed by atoms with van der Waals surface area (Å²) in [6.45, 7) is 6.11. The number of carbonyl (C=O) groups excluding carboxylic acids is 2. The molecule has 1 spiro atoms. The lowest BCUT2D eigenvalue weighted by molar-refractivity contribution is -0.185. The second-order valence-electron chi connectivity index (χ2n) is 7.63. The molecule has 1 aromatic rings. The molecule has 0 unspecified atom stereocenters. The van der Waals surface area contributed by atoms with Gasteiger partial charge in [-0.25, -0.2) is 0 Å². The number of hydrogen-bond donors (Lipinski definition) is 0. The Balaban J connectivity index is 1.42. The first-order chi connectivity index (χ1) is 12.0. The summed E-state index contributed by atoms with van der Waals surface area (Å²) < 4.78 is 11.0. The number of aromatic nitrogens is 1. The van der Waals surface area contributed by atoms with Crippen LogP contribution in [0.15, 0.2) is 10.6 Å². The molecule has 1 atom stereocenters. The summed E-state index contributed by atoms with van der Waals surface area (Å²) >= 11 is 0. The number of likely N-dealkylation sites (tertiary alicyclic amines) is 1. The van der Waals surface area contributed by atoms with E-state index < -0.39 is 0 Å². The maximum absolute atomic E-state index is 12.5. The second-order valence-corrected chi connectivity index (χ2v) is 7.63. The third-order valence-corrected chi connectivity index (χ3v) is 5.93. The van der Waals surface area contributed by atoms with E-state index in [1.807, 2.05) is 4.90 Å². The minimum Gasteiger partial charge on any atom is -0.363 e. The summed E-state index contributed by atoms with van der Waals surface area (Å²) in [7, 11) is 0. The average Bonchev–Trinajstić information content (AvgIpc) is 3.34. The van der Waals surface area contributed by atoms with Gasteiger partial charge in [0.15, 0.2) is 5.69 Å². The van der Waals surface area contributed by atoms with Crippen molar-refractivity contribution < 1.29 is 18.8 Å². The first-order valence-electron chi connectivity index (χ1n) is 9.14. The molecule has 7 nitrogen and oxygen atoms in total. The van der Waals surface area contributed by atoms with Crippen LogP contribution in [0.2, 0.25) is 0 Å². The summed E-state index contributed by atoms with van der Waals surface area (Å²) in [6, 6.07) is 1.73. The highest BCUT2D eigenvalue weighted by Gasteiger charge is 2.49. The molecular formula is C18H25N3O4. The summed E-state index contributed by atoms with van der Waals surface area (Å²) in [4.78, 5) is 28.6. The predicted octanol–water partition coefficient (Wildman–Crippen LogP) is 1.62. The molecule has 136 valence electrons. The van der Waals surface area contributed by atoms with E-state index in [0.29, 0.717) is 30.5 Å². The van der Waals surface area contributed by atoms with Crippen molar-refractivity contribution in [2.24, 2.45) is 5.92 Å². The maximum Gasteiger partial charge on any atom is 0.276 e. The van der Waals surface area contributed by atoms with Crippen LogP contribution in [0.4, 0.5) is 0 Å². The standard InChI is InChI=1S/C18H25N3O4/c1-12-9-15(19-25-12)17(23)20-7-5-18(6-8-20)13(2)21(10-14-3-4-14)16(22)11-24-18/h9,13-14H,3-8,10-11H2,1-2H3/t13-/m0/s1. The van der Waals surface area contributed by atoms with Crippen LogP contribution >= 0.6 is 0 Å². The number of aryl methyl sites for hydroxylation is 1. The van der Waals surface area contributed by atoms with Crippen LogP contribution in [0.5, 0.6) is 0 Å². The van der Waals surface area contributed by atoms with Gasteiger partial charge in [-0.3, -0.25) is 9.59 Å². The molecule has 25 heavy (non-hydrogen) atoms. The number of piperidine rings is 1. The number of morpholine rings is 1. The van der Waals surface area contributed by atoms with Gasteiger partial charge in [-0.15, -0.1) is 0 Å². The molecule has 3 heterocycles. The fourth-order valence-electron chi connectivity index (χ4n) is 4.03. The van der Waals surface area contributed by atoms with E-state index in [0.717, 1.165) is 19.4 Å². The van der Waals surface area contributed by atoms with Gasteiger partial charge in [0, 0.05) is 25.7 Å². The Bertz CT molecular complexity index is 674. The van der Waals surface area contributed by atoms with Crippen LogP contribution in [0.25, 0.3) is 0 Å².